The molecule has 0 saturated heterocycles. The zero-order chi connectivity index (χ0) is 12.1. The minimum absolute atomic E-state index is 0.0907. The lowest BCUT2D eigenvalue weighted by molar-refractivity contribution is 0.229. The Morgan fingerprint density at radius 2 is 2.29 bits per heavy atom. The molecule has 2 rings (SSSR count). The second kappa shape index (κ2) is 5.82. The summed E-state index contributed by atoms with van der Waals surface area (Å²) in [5, 5.41) is 3.01. The van der Waals surface area contributed by atoms with Crippen molar-refractivity contribution in [3.8, 4) is 5.75 Å². The fourth-order valence-corrected chi connectivity index (χ4v) is 2.05. The van der Waals surface area contributed by atoms with Gasteiger partial charge in [0.05, 0.1) is 0 Å². The van der Waals surface area contributed by atoms with Gasteiger partial charge in [-0.1, -0.05) is 6.08 Å². The highest BCUT2D eigenvalue weighted by atomic mass is 19.1. The van der Waals surface area contributed by atoms with Crippen LogP contribution in [0.4, 0.5) is 4.39 Å². The van der Waals surface area contributed by atoms with Gasteiger partial charge in [-0.3, -0.25) is 0 Å². The first-order valence-corrected chi connectivity index (χ1v) is 6.05. The maximum absolute atomic E-state index is 13.4. The van der Waals surface area contributed by atoms with Crippen LogP contribution in [-0.4, -0.2) is 13.2 Å². The number of halogens is 1. The summed E-state index contributed by atoms with van der Waals surface area (Å²) in [5.41, 5.74) is 0.905. The van der Waals surface area contributed by atoms with Crippen LogP contribution in [0.1, 0.15) is 24.8 Å². The highest BCUT2D eigenvalue weighted by molar-refractivity contribution is 5.30. The van der Waals surface area contributed by atoms with Crippen molar-refractivity contribution in [2.24, 2.45) is 0 Å². The first-order chi connectivity index (χ1) is 8.28. The van der Waals surface area contributed by atoms with Gasteiger partial charge in [0.2, 0.25) is 0 Å². The van der Waals surface area contributed by atoms with Crippen molar-refractivity contribution in [1.82, 2.24) is 5.32 Å². The first-order valence-electron chi connectivity index (χ1n) is 6.05. The standard InChI is InChI=1S/C14H18FNO/c1-16-10-11-7-12(15)9-14(8-11)17-13-5-3-2-4-6-13/h3,5,7-9,13,16H,2,4,6,10H2,1H3. The van der Waals surface area contributed by atoms with E-state index in [1.165, 1.54) is 12.1 Å². The van der Waals surface area contributed by atoms with Gasteiger partial charge in [-0.25, -0.2) is 4.39 Å². The van der Waals surface area contributed by atoms with Gasteiger partial charge < -0.3 is 10.1 Å². The van der Waals surface area contributed by atoms with Crippen LogP contribution in [0.15, 0.2) is 30.4 Å². The minimum atomic E-state index is -0.243. The normalized spacial score (nSPS) is 19.3. The number of ether oxygens (including phenoxy) is 1. The molecular formula is C14H18FNO. The lowest BCUT2D eigenvalue weighted by Crippen LogP contribution is -2.16. The Balaban J connectivity index is 2.08. The predicted octanol–water partition coefficient (Wildman–Crippen LogP) is 3.03. The molecule has 0 fully saturated rings. The summed E-state index contributed by atoms with van der Waals surface area (Å²) < 4.78 is 19.1. The van der Waals surface area contributed by atoms with E-state index in [1.807, 2.05) is 13.1 Å². The van der Waals surface area contributed by atoms with Gasteiger partial charge in [0.1, 0.15) is 17.7 Å². The van der Waals surface area contributed by atoms with Crippen molar-refractivity contribution in [3.63, 3.8) is 0 Å². The highest BCUT2D eigenvalue weighted by Crippen LogP contribution is 2.21. The molecule has 1 aromatic rings. The fourth-order valence-electron chi connectivity index (χ4n) is 2.05. The molecule has 1 aromatic carbocycles. The van der Waals surface area contributed by atoms with Crippen LogP contribution in [0.5, 0.6) is 5.75 Å². The maximum atomic E-state index is 13.4. The quantitative estimate of drug-likeness (QED) is 0.810. The first kappa shape index (κ1) is 12.1. The third-order valence-corrected chi connectivity index (χ3v) is 2.81. The molecule has 0 aliphatic heterocycles. The van der Waals surface area contributed by atoms with Gasteiger partial charge in [0.25, 0.3) is 0 Å². The molecule has 0 heterocycles. The molecule has 1 N–H and O–H groups in total. The molecule has 1 atom stereocenters. The van der Waals surface area contributed by atoms with Crippen LogP contribution in [0, 0.1) is 5.82 Å². The zero-order valence-corrected chi connectivity index (χ0v) is 10.1. The minimum Gasteiger partial charge on any atom is -0.486 e. The van der Waals surface area contributed by atoms with Gasteiger partial charge in [-0.15, -0.1) is 0 Å². The Bertz CT molecular complexity index is 403. The average Bonchev–Trinajstić information content (AvgIpc) is 2.30. The second-order valence-electron chi connectivity index (χ2n) is 4.34. The number of hydrogen-bond acceptors (Lipinski definition) is 2. The van der Waals surface area contributed by atoms with Crippen molar-refractivity contribution < 1.29 is 9.13 Å². The summed E-state index contributed by atoms with van der Waals surface area (Å²) in [6, 6.07) is 4.86. The molecule has 0 spiro atoms. The van der Waals surface area contributed by atoms with Crippen LogP contribution in [0.25, 0.3) is 0 Å². The van der Waals surface area contributed by atoms with Crippen LogP contribution >= 0.6 is 0 Å². The SMILES string of the molecule is CNCc1cc(F)cc(OC2C=CCCC2)c1. The number of rotatable bonds is 4. The van der Waals surface area contributed by atoms with Crippen molar-refractivity contribution in [1.29, 1.82) is 0 Å². The Labute approximate surface area is 101 Å². The van der Waals surface area contributed by atoms with E-state index < -0.39 is 0 Å². The second-order valence-corrected chi connectivity index (χ2v) is 4.34. The molecule has 0 amide bonds. The lowest BCUT2D eigenvalue weighted by atomic mass is 10.1. The Morgan fingerprint density at radius 3 is 3.00 bits per heavy atom. The molecule has 0 aromatic heterocycles. The summed E-state index contributed by atoms with van der Waals surface area (Å²) in [7, 11) is 1.84. The summed E-state index contributed by atoms with van der Waals surface area (Å²) in [6.45, 7) is 0.647. The van der Waals surface area contributed by atoms with Crippen LogP contribution < -0.4 is 10.1 Å². The molecule has 0 radical (unpaired) electrons. The van der Waals surface area contributed by atoms with Gasteiger partial charge in [-0.2, -0.15) is 0 Å². The summed E-state index contributed by atoms with van der Waals surface area (Å²) in [4.78, 5) is 0. The third kappa shape index (κ3) is 3.56. The van der Waals surface area contributed by atoms with Gasteiger partial charge >= 0.3 is 0 Å². The van der Waals surface area contributed by atoms with Crippen molar-refractivity contribution in [2.75, 3.05) is 7.05 Å². The van der Waals surface area contributed by atoms with Crippen LogP contribution in [-0.2, 0) is 6.54 Å². The van der Waals surface area contributed by atoms with E-state index in [-0.39, 0.29) is 11.9 Å². The molecule has 2 nitrogen and oxygen atoms in total. The zero-order valence-electron chi connectivity index (χ0n) is 10.1. The smallest absolute Gasteiger partial charge is 0.127 e. The molecule has 17 heavy (non-hydrogen) atoms. The van der Waals surface area contributed by atoms with E-state index in [9.17, 15) is 4.39 Å². The van der Waals surface area contributed by atoms with E-state index >= 15 is 0 Å². The third-order valence-electron chi connectivity index (χ3n) is 2.81. The van der Waals surface area contributed by atoms with Crippen molar-refractivity contribution >= 4 is 0 Å². The molecule has 1 aliphatic rings. The van der Waals surface area contributed by atoms with E-state index in [1.54, 1.807) is 0 Å². The largest absolute Gasteiger partial charge is 0.486 e. The molecule has 0 bridgehead atoms. The molecule has 0 saturated carbocycles. The van der Waals surface area contributed by atoms with E-state index in [0.717, 1.165) is 24.8 Å². The number of benzene rings is 1. The monoisotopic (exact) mass is 235 g/mol. The molecule has 1 aliphatic carbocycles. The summed E-state index contributed by atoms with van der Waals surface area (Å²) in [6.07, 6.45) is 7.55. The van der Waals surface area contributed by atoms with Crippen molar-refractivity contribution in [2.45, 2.75) is 31.9 Å². The van der Waals surface area contributed by atoms with Gasteiger partial charge in [-0.05, 0) is 50.1 Å². The summed E-state index contributed by atoms with van der Waals surface area (Å²) in [5.74, 6) is 0.374. The number of allylic oxidation sites excluding steroid dienone is 1. The van der Waals surface area contributed by atoms with Crippen LogP contribution in [0.3, 0.4) is 0 Å². The van der Waals surface area contributed by atoms with Gasteiger partial charge in [0, 0.05) is 12.6 Å². The van der Waals surface area contributed by atoms with Crippen LogP contribution in [0.2, 0.25) is 0 Å². The van der Waals surface area contributed by atoms with Crippen molar-refractivity contribution in [3.05, 3.63) is 41.7 Å². The van der Waals surface area contributed by atoms with E-state index in [2.05, 4.69) is 17.5 Å². The Morgan fingerprint density at radius 1 is 1.41 bits per heavy atom. The molecule has 92 valence electrons. The fraction of sp³-hybridized carbons (Fsp3) is 0.429. The lowest BCUT2D eigenvalue weighted by Gasteiger charge is -2.19. The molecule has 1 unspecified atom stereocenters. The number of nitrogens with one attached hydrogen (secondary N) is 1. The highest BCUT2D eigenvalue weighted by Gasteiger charge is 2.11. The van der Waals surface area contributed by atoms with E-state index in [4.69, 9.17) is 4.74 Å². The number of hydrogen-bond donors (Lipinski definition) is 1. The molecule has 3 heteroatoms. The Kier molecular flexibility index (Phi) is 4.15. The maximum Gasteiger partial charge on any atom is 0.127 e. The summed E-state index contributed by atoms with van der Waals surface area (Å²) >= 11 is 0. The average molecular weight is 235 g/mol. The molecular weight excluding hydrogens is 217 g/mol. The Hall–Kier alpha value is -1.35. The predicted molar refractivity (Wildman–Crippen MR) is 66.6 cm³/mol. The topological polar surface area (TPSA) is 21.3 Å². The van der Waals surface area contributed by atoms with Gasteiger partial charge in [0.15, 0.2) is 0 Å². The van der Waals surface area contributed by atoms with E-state index in [0.29, 0.717) is 12.3 Å².